The van der Waals surface area contributed by atoms with Crippen molar-refractivity contribution >= 4 is 22.7 Å². The van der Waals surface area contributed by atoms with E-state index < -0.39 is 17.5 Å². The predicted molar refractivity (Wildman–Crippen MR) is 117 cm³/mol. The number of carbonyl (C=O) groups is 2. The number of carbonyl (C=O) groups excluding carboxylic acids is 2. The van der Waals surface area contributed by atoms with Crippen molar-refractivity contribution in [2.24, 2.45) is 0 Å². The highest BCUT2D eigenvalue weighted by Crippen LogP contribution is 2.34. The Morgan fingerprint density at radius 2 is 1.56 bits per heavy atom. The first-order valence-electron chi connectivity index (χ1n) is 9.79. The topological polar surface area (TPSA) is 101 Å². The maximum atomic E-state index is 13.1. The Balaban J connectivity index is 2.09. The van der Waals surface area contributed by atoms with E-state index in [1.807, 2.05) is 0 Å². The third-order valence-electron chi connectivity index (χ3n) is 5.32. The third kappa shape index (κ3) is 4.30. The van der Waals surface area contributed by atoms with E-state index in [1.54, 1.807) is 37.3 Å². The zero-order valence-electron chi connectivity index (χ0n) is 18.5. The van der Waals surface area contributed by atoms with Gasteiger partial charge in [0.1, 0.15) is 11.3 Å². The molecule has 0 amide bonds. The highest BCUT2D eigenvalue weighted by atomic mass is 16.5. The molecular weight excluding hydrogens is 416 g/mol. The van der Waals surface area contributed by atoms with Gasteiger partial charge in [0, 0.05) is 29.0 Å². The number of esters is 1. The lowest BCUT2D eigenvalue weighted by atomic mass is 9.89. The molecule has 0 aliphatic heterocycles. The first-order valence-corrected chi connectivity index (χ1v) is 9.79. The van der Waals surface area contributed by atoms with Crippen molar-refractivity contribution in [1.29, 1.82) is 0 Å². The van der Waals surface area contributed by atoms with Crippen LogP contribution in [0.15, 0.2) is 45.6 Å². The van der Waals surface area contributed by atoms with Crippen LogP contribution in [-0.2, 0) is 9.53 Å². The van der Waals surface area contributed by atoms with E-state index in [4.69, 9.17) is 23.4 Å². The van der Waals surface area contributed by atoms with Crippen molar-refractivity contribution in [2.45, 2.75) is 19.3 Å². The summed E-state index contributed by atoms with van der Waals surface area (Å²) in [5.74, 6) is -0.577. The van der Waals surface area contributed by atoms with Crippen LogP contribution in [0.2, 0.25) is 0 Å². The first kappa shape index (κ1) is 22.9. The molecule has 0 bridgehead atoms. The minimum atomic E-state index is -1.01. The SMILES string of the molecule is COC(=O)[C@H](CC(=O)c1ccc(OC)c(OC)c1)c1cc(=O)oc2c(C)c(OC)ccc12. The number of methoxy groups -OCH3 is 4. The fourth-order valence-electron chi connectivity index (χ4n) is 3.65. The summed E-state index contributed by atoms with van der Waals surface area (Å²) in [7, 11) is 5.71. The van der Waals surface area contributed by atoms with Crippen LogP contribution >= 0.6 is 0 Å². The maximum Gasteiger partial charge on any atom is 0.336 e. The van der Waals surface area contributed by atoms with Crippen LogP contribution in [0, 0.1) is 6.92 Å². The number of rotatable bonds is 8. The van der Waals surface area contributed by atoms with Gasteiger partial charge in [-0.05, 0) is 42.8 Å². The molecule has 0 radical (unpaired) electrons. The van der Waals surface area contributed by atoms with Crippen LogP contribution in [0.4, 0.5) is 0 Å². The Kier molecular flexibility index (Phi) is 6.82. The summed E-state index contributed by atoms with van der Waals surface area (Å²) in [5, 5.41) is 0.526. The molecule has 8 heteroatoms. The molecule has 0 saturated heterocycles. The van der Waals surface area contributed by atoms with Crippen LogP contribution in [0.1, 0.15) is 33.8 Å². The number of ether oxygens (including phenoxy) is 4. The molecule has 168 valence electrons. The fourth-order valence-corrected chi connectivity index (χ4v) is 3.65. The highest BCUT2D eigenvalue weighted by Gasteiger charge is 2.29. The van der Waals surface area contributed by atoms with Crippen LogP contribution in [0.3, 0.4) is 0 Å². The first-order chi connectivity index (χ1) is 15.3. The molecule has 1 heterocycles. The van der Waals surface area contributed by atoms with Crippen LogP contribution < -0.4 is 19.8 Å². The monoisotopic (exact) mass is 440 g/mol. The summed E-state index contributed by atoms with van der Waals surface area (Å²) in [4.78, 5) is 38.1. The molecule has 1 aromatic heterocycles. The number of benzene rings is 2. The van der Waals surface area contributed by atoms with Gasteiger partial charge in [0.2, 0.25) is 0 Å². The highest BCUT2D eigenvalue weighted by molar-refractivity contribution is 6.01. The van der Waals surface area contributed by atoms with Crippen LogP contribution in [0.25, 0.3) is 11.0 Å². The number of hydrogen-bond acceptors (Lipinski definition) is 8. The zero-order valence-corrected chi connectivity index (χ0v) is 18.5. The van der Waals surface area contributed by atoms with E-state index in [1.165, 1.54) is 34.5 Å². The summed E-state index contributed by atoms with van der Waals surface area (Å²) in [6, 6.07) is 9.37. The van der Waals surface area contributed by atoms with Gasteiger partial charge in [0.25, 0.3) is 0 Å². The molecule has 3 aromatic rings. The second-order valence-electron chi connectivity index (χ2n) is 7.06. The summed E-state index contributed by atoms with van der Waals surface area (Å²) >= 11 is 0. The van der Waals surface area contributed by atoms with Gasteiger partial charge in [0.05, 0.1) is 34.4 Å². The van der Waals surface area contributed by atoms with Crippen molar-refractivity contribution in [1.82, 2.24) is 0 Å². The van der Waals surface area contributed by atoms with E-state index in [0.29, 0.717) is 44.9 Å². The molecule has 0 aliphatic rings. The molecular formula is C24H24O8. The summed E-state index contributed by atoms with van der Waals surface area (Å²) in [6.45, 7) is 1.75. The van der Waals surface area contributed by atoms with Crippen LogP contribution in [-0.4, -0.2) is 40.2 Å². The van der Waals surface area contributed by atoms with Gasteiger partial charge >= 0.3 is 11.6 Å². The minimum Gasteiger partial charge on any atom is -0.496 e. The van der Waals surface area contributed by atoms with Gasteiger partial charge in [-0.3, -0.25) is 9.59 Å². The standard InChI is InChI=1S/C24H24O8/c1-13-19(28-2)9-7-15-16(12-22(26)32-23(13)15)17(24(27)31-5)11-18(25)14-6-8-20(29-3)21(10-14)30-4/h6-10,12,17H,11H2,1-5H3/t17-/m1/s1. The summed E-state index contributed by atoms with van der Waals surface area (Å²) in [6.07, 6.45) is -0.216. The molecule has 0 fully saturated rings. The second-order valence-corrected chi connectivity index (χ2v) is 7.06. The Morgan fingerprint density at radius 3 is 2.19 bits per heavy atom. The molecule has 0 aliphatic carbocycles. The van der Waals surface area contributed by atoms with Gasteiger partial charge in [-0.1, -0.05) is 0 Å². The molecule has 0 unspecified atom stereocenters. The zero-order chi connectivity index (χ0) is 23.4. The number of aryl methyl sites for hydroxylation is 1. The smallest absolute Gasteiger partial charge is 0.336 e. The third-order valence-corrected chi connectivity index (χ3v) is 5.32. The number of Topliss-reactive ketones (excluding diaryl/α,β-unsaturated/α-hetero) is 1. The maximum absolute atomic E-state index is 13.1. The van der Waals surface area contributed by atoms with Crippen molar-refractivity contribution in [3.8, 4) is 17.2 Å². The van der Waals surface area contributed by atoms with Crippen molar-refractivity contribution < 1.29 is 33.0 Å². The molecule has 1 atom stereocenters. The molecule has 0 spiro atoms. The quantitative estimate of drug-likeness (QED) is 0.297. The Bertz CT molecular complexity index is 1220. The van der Waals surface area contributed by atoms with Gasteiger partial charge in [-0.15, -0.1) is 0 Å². The average Bonchev–Trinajstić information content (AvgIpc) is 2.81. The normalized spacial score (nSPS) is 11.7. The lowest BCUT2D eigenvalue weighted by Gasteiger charge is -2.17. The van der Waals surface area contributed by atoms with Crippen molar-refractivity contribution in [3.05, 3.63) is 63.5 Å². The van der Waals surface area contributed by atoms with E-state index in [9.17, 15) is 14.4 Å². The van der Waals surface area contributed by atoms with Crippen molar-refractivity contribution in [2.75, 3.05) is 28.4 Å². The van der Waals surface area contributed by atoms with Gasteiger partial charge < -0.3 is 23.4 Å². The number of ketones is 1. The van der Waals surface area contributed by atoms with Crippen molar-refractivity contribution in [3.63, 3.8) is 0 Å². The Hall–Kier alpha value is -3.81. The largest absolute Gasteiger partial charge is 0.496 e. The number of hydrogen-bond donors (Lipinski definition) is 0. The van der Waals surface area contributed by atoms with E-state index >= 15 is 0 Å². The van der Waals surface area contributed by atoms with E-state index in [2.05, 4.69) is 0 Å². The second kappa shape index (κ2) is 9.55. The van der Waals surface area contributed by atoms with E-state index in [-0.39, 0.29) is 12.2 Å². The molecule has 0 N–H and O–H groups in total. The van der Waals surface area contributed by atoms with E-state index in [0.717, 1.165) is 0 Å². The Labute approximate surface area is 184 Å². The van der Waals surface area contributed by atoms with Gasteiger partial charge in [0.15, 0.2) is 17.3 Å². The molecule has 8 nitrogen and oxygen atoms in total. The minimum absolute atomic E-state index is 0.216. The Morgan fingerprint density at radius 1 is 0.906 bits per heavy atom. The number of fused-ring (bicyclic) bond motifs is 1. The molecule has 32 heavy (non-hydrogen) atoms. The summed E-state index contributed by atoms with van der Waals surface area (Å²) < 4.78 is 26.1. The fraction of sp³-hybridized carbons (Fsp3) is 0.292. The van der Waals surface area contributed by atoms with Gasteiger partial charge in [-0.2, -0.15) is 0 Å². The molecule has 3 rings (SSSR count). The predicted octanol–water partition coefficient (Wildman–Crippen LogP) is 3.66. The van der Waals surface area contributed by atoms with Crippen LogP contribution in [0.5, 0.6) is 17.2 Å². The molecule has 2 aromatic carbocycles. The molecule has 0 saturated carbocycles. The lowest BCUT2D eigenvalue weighted by molar-refractivity contribution is -0.142. The summed E-state index contributed by atoms with van der Waals surface area (Å²) in [5.41, 5.74) is 0.943. The lowest BCUT2D eigenvalue weighted by Crippen LogP contribution is -2.20. The average molecular weight is 440 g/mol. The van der Waals surface area contributed by atoms with Gasteiger partial charge in [-0.25, -0.2) is 4.79 Å².